The molecule has 4 rings (SSSR count). The molecule has 110 valence electrons. The van der Waals surface area contributed by atoms with Gasteiger partial charge in [-0.3, -0.25) is 4.98 Å². The number of pyridine rings is 1. The molecule has 1 N–H and O–H groups in total. The Balaban J connectivity index is 2.13. The van der Waals surface area contributed by atoms with Gasteiger partial charge in [0, 0.05) is 22.0 Å². The molecule has 1 aliphatic heterocycles. The molecule has 2 heterocycles. The third kappa shape index (κ3) is 1.94. The summed E-state index contributed by atoms with van der Waals surface area (Å²) in [4.78, 5) is 5.07. The summed E-state index contributed by atoms with van der Waals surface area (Å²) in [6.07, 6.45) is -2.91. The van der Waals surface area contributed by atoms with Gasteiger partial charge in [0.25, 0.3) is 0 Å². The molecule has 1 aliphatic rings. The molecule has 0 unspecified atom stereocenters. The number of anilines is 1. The molecule has 0 radical (unpaired) electrons. The van der Waals surface area contributed by atoms with Gasteiger partial charge in [0.05, 0.1) is 16.8 Å². The van der Waals surface area contributed by atoms with Crippen LogP contribution in [0.2, 0.25) is 0 Å². The van der Waals surface area contributed by atoms with Crippen LogP contribution in [0, 0.1) is 0 Å². The second-order valence-corrected chi connectivity index (χ2v) is 5.79. The first-order valence-corrected chi connectivity index (χ1v) is 7.38. The maximum absolute atomic E-state index is 13.4. The van der Waals surface area contributed by atoms with E-state index in [1.54, 1.807) is 0 Å². The highest BCUT2D eigenvalue weighted by Gasteiger charge is 2.35. The van der Waals surface area contributed by atoms with Crippen molar-refractivity contribution in [3.8, 4) is 11.1 Å². The van der Waals surface area contributed by atoms with E-state index in [4.69, 9.17) is 0 Å². The van der Waals surface area contributed by atoms with Crippen molar-refractivity contribution < 1.29 is 13.2 Å². The van der Waals surface area contributed by atoms with Crippen LogP contribution in [-0.2, 0) is 6.18 Å². The lowest BCUT2D eigenvalue weighted by Crippen LogP contribution is -2.09. The van der Waals surface area contributed by atoms with E-state index in [0.717, 1.165) is 10.5 Å². The zero-order chi connectivity index (χ0) is 15.3. The van der Waals surface area contributed by atoms with Crippen molar-refractivity contribution in [1.29, 1.82) is 0 Å². The van der Waals surface area contributed by atoms with Crippen molar-refractivity contribution in [2.45, 2.75) is 11.1 Å². The standard InChI is InChI=1S/C16H9F3N2S/c17-16(18,19)12-8-11-9-4-1-2-6-13(9)22-21-15(11)14-10(12)5-3-7-20-14/h1-8,21H. The molecule has 0 saturated heterocycles. The lowest BCUT2D eigenvalue weighted by Gasteiger charge is -2.23. The lowest BCUT2D eigenvalue weighted by atomic mass is 9.96. The summed E-state index contributed by atoms with van der Waals surface area (Å²) in [6, 6.07) is 11.6. The molecule has 0 spiro atoms. The van der Waals surface area contributed by atoms with E-state index in [2.05, 4.69) is 9.71 Å². The fourth-order valence-electron chi connectivity index (χ4n) is 2.68. The van der Waals surface area contributed by atoms with Gasteiger partial charge in [-0.2, -0.15) is 13.2 Å². The smallest absolute Gasteiger partial charge is 0.323 e. The highest BCUT2D eigenvalue weighted by molar-refractivity contribution is 8.00. The minimum atomic E-state index is -4.42. The molecule has 3 aromatic rings. The van der Waals surface area contributed by atoms with Crippen molar-refractivity contribution >= 4 is 28.5 Å². The van der Waals surface area contributed by atoms with E-state index in [0.29, 0.717) is 16.8 Å². The molecule has 0 fully saturated rings. The van der Waals surface area contributed by atoms with Crippen molar-refractivity contribution in [2.24, 2.45) is 0 Å². The summed E-state index contributed by atoms with van der Waals surface area (Å²) >= 11 is 1.39. The Morgan fingerprint density at radius 1 is 1.00 bits per heavy atom. The van der Waals surface area contributed by atoms with Gasteiger partial charge in [0.1, 0.15) is 0 Å². The Bertz CT molecular complexity index is 890. The molecular weight excluding hydrogens is 309 g/mol. The number of fused-ring (bicyclic) bond motifs is 5. The molecule has 0 bridgehead atoms. The van der Waals surface area contributed by atoms with Gasteiger partial charge in [-0.25, -0.2) is 0 Å². The topological polar surface area (TPSA) is 24.9 Å². The Kier molecular flexibility index (Phi) is 2.84. The number of nitrogens with zero attached hydrogens (tertiary/aromatic N) is 1. The molecule has 0 amide bonds. The average Bonchev–Trinajstić information content (AvgIpc) is 2.52. The monoisotopic (exact) mass is 318 g/mol. The Labute approximate surface area is 128 Å². The molecule has 1 aromatic heterocycles. The van der Waals surface area contributed by atoms with Gasteiger partial charge < -0.3 is 4.72 Å². The van der Waals surface area contributed by atoms with Crippen LogP contribution in [0.25, 0.3) is 22.0 Å². The maximum atomic E-state index is 13.4. The number of halogens is 3. The molecule has 0 atom stereocenters. The van der Waals surface area contributed by atoms with Crippen LogP contribution in [0.4, 0.5) is 18.9 Å². The second kappa shape index (κ2) is 4.64. The highest BCUT2D eigenvalue weighted by atomic mass is 32.2. The zero-order valence-corrected chi connectivity index (χ0v) is 11.9. The van der Waals surface area contributed by atoms with Crippen LogP contribution < -0.4 is 4.72 Å². The summed E-state index contributed by atoms with van der Waals surface area (Å²) < 4.78 is 43.4. The fourth-order valence-corrected chi connectivity index (χ4v) is 3.53. The van der Waals surface area contributed by atoms with Gasteiger partial charge in [0.15, 0.2) is 0 Å². The quantitative estimate of drug-likeness (QED) is 0.565. The Hall–Kier alpha value is -2.21. The van der Waals surface area contributed by atoms with Crippen LogP contribution in [0.15, 0.2) is 53.6 Å². The number of alkyl halides is 3. The normalized spacial score (nSPS) is 13.4. The SMILES string of the molecule is FC(F)(F)c1cc2c(c3ncccc13)NSc1ccccc1-2. The van der Waals surface area contributed by atoms with Gasteiger partial charge >= 0.3 is 6.18 Å². The maximum Gasteiger partial charge on any atom is 0.417 e. The third-order valence-corrected chi connectivity index (χ3v) is 4.52. The largest absolute Gasteiger partial charge is 0.417 e. The predicted molar refractivity (Wildman–Crippen MR) is 81.7 cm³/mol. The number of hydrogen-bond donors (Lipinski definition) is 1. The molecular formula is C16H9F3N2S. The average molecular weight is 318 g/mol. The van der Waals surface area contributed by atoms with Crippen molar-refractivity contribution in [2.75, 3.05) is 4.72 Å². The third-order valence-electron chi connectivity index (χ3n) is 3.64. The first kappa shape index (κ1) is 13.5. The zero-order valence-electron chi connectivity index (χ0n) is 11.1. The van der Waals surface area contributed by atoms with Gasteiger partial charge in [-0.15, -0.1) is 0 Å². The van der Waals surface area contributed by atoms with Crippen LogP contribution in [0.3, 0.4) is 0 Å². The fraction of sp³-hybridized carbons (Fsp3) is 0.0625. The van der Waals surface area contributed by atoms with Gasteiger partial charge in [-0.1, -0.05) is 24.3 Å². The minimum absolute atomic E-state index is 0.112. The van der Waals surface area contributed by atoms with Crippen molar-refractivity contribution in [1.82, 2.24) is 4.98 Å². The van der Waals surface area contributed by atoms with E-state index in [-0.39, 0.29) is 5.39 Å². The summed E-state index contributed by atoms with van der Waals surface area (Å²) in [5, 5.41) is 0.112. The van der Waals surface area contributed by atoms with E-state index in [9.17, 15) is 13.2 Å². The van der Waals surface area contributed by atoms with E-state index in [1.165, 1.54) is 36.3 Å². The molecule has 0 saturated carbocycles. The number of benzene rings is 2. The molecule has 0 aliphatic carbocycles. The van der Waals surface area contributed by atoms with Crippen molar-refractivity contribution in [3.63, 3.8) is 0 Å². The summed E-state index contributed by atoms with van der Waals surface area (Å²) in [5.74, 6) is 0. The highest BCUT2D eigenvalue weighted by Crippen LogP contribution is 2.48. The Morgan fingerprint density at radius 3 is 2.64 bits per heavy atom. The predicted octanol–water partition coefficient (Wildman–Crippen LogP) is 5.35. The first-order valence-electron chi connectivity index (χ1n) is 6.57. The number of rotatable bonds is 0. The summed E-state index contributed by atoms with van der Waals surface area (Å²) in [7, 11) is 0. The van der Waals surface area contributed by atoms with Crippen LogP contribution in [0.5, 0.6) is 0 Å². The van der Waals surface area contributed by atoms with E-state index >= 15 is 0 Å². The van der Waals surface area contributed by atoms with E-state index < -0.39 is 11.7 Å². The summed E-state index contributed by atoms with van der Waals surface area (Å²) in [6.45, 7) is 0. The minimum Gasteiger partial charge on any atom is -0.323 e. The molecule has 6 heteroatoms. The van der Waals surface area contributed by atoms with Crippen molar-refractivity contribution in [3.05, 3.63) is 54.2 Å². The number of aromatic nitrogens is 1. The second-order valence-electron chi connectivity index (χ2n) is 4.94. The van der Waals surface area contributed by atoms with E-state index in [1.807, 2.05) is 24.3 Å². The van der Waals surface area contributed by atoms with Crippen LogP contribution in [-0.4, -0.2) is 4.98 Å². The number of hydrogen-bond acceptors (Lipinski definition) is 3. The number of nitrogens with one attached hydrogen (secondary N) is 1. The molecule has 22 heavy (non-hydrogen) atoms. The Morgan fingerprint density at radius 2 is 1.82 bits per heavy atom. The molecule has 2 aromatic carbocycles. The van der Waals surface area contributed by atoms with Gasteiger partial charge in [-0.05, 0) is 35.7 Å². The summed E-state index contributed by atoms with van der Waals surface area (Å²) in [5.41, 5.74) is 1.65. The van der Waals surface area contributed by atoms with Crippen LogP contribution in [0.1, 0.15) is 5.56 Å². The first-order chi connectivity index (χ1) is 10.6. The lowest BCUT2D eigenvalue weighted by molar-refractivity contribution is -0.136. The van der Waals surface area contributed by atoms with Crippen LogP contribution >= 0.6 is 11.9 Å². The molecule has 2 nitrogen and oxygen atoms in total. The van der Waals surface area contributed by atoms with Gasteiger partial charge in [0.2, 0.25) is 0 Å².